The number of fused-ring (bicyclic) bond motifs is 1. The van der Waals surface area contributed by atoms with Crippen LogP contribution in [-0.4, -0.2) is 49.8 Å². The molecule has 0 aromatic heterocycles. The molecule has 2 aromatic carbocycles. The van der Waals surface area contributed by atoms with Gasteiger partial charge in [0.1, 0.15) is 5.60 Å². The number of hydrogen-bond donors (Lipinski definition) is 1. The fraction of sp³-hybridized carbons (Fsp3) is 0.450. The fourth-order valence-corrected chi connectivity index (χ4v) is 3.14. The first-order chi connectivity index (χ1) is 11.8. The number of anilines is 2. The van der Waals surface area contributed by atoms with E-state index in [0.717, 1.165) is 42.9 Å². The number of amides is 1. The number of benzene rings is 2. The molecule has 5 nitrogen and oxygen atoms in total. The molecule has 5 heteroatoms. The normalized spacial score (nSPS) is 16.1. The Labute approximate surface area is 149 Å². The van der Waals surface area contributed by atoms with Gasteiger partial charge in [-0.2, -0.15) is 0 Å². The number of nitrogens with one attached hydrogen (secondary N) is 1. The number of piperazine rings is 1. The molecule has 0 aliphatic carbocycles. The second kappa shape index (κ2) is 6.92. The van der Waals surface area contributed by atoms with E-state index in [9.17, 15) is 4.79 Å². The molecule has 134 valence electrons. The maximum atomic E-state index is 12.3. The average Bonchev–Trinajstić information content (AvgIpc) is 2.54. The molecule has 0 saturated carbocycles. The molecule has 2 aromatic rings. The Bertz CT molecular complexity index is 759. The molecule has 1 fully saturated rings. The van der Waals surface area contributed by atoms with Crippen molar-refractivity contribution in [2.24, 2.45) is 0 Å². The third-order valence-electron chi connectivity index (χ3n) is 4.36. The molecule has 0 unspecified atom stereocenters. The van der Waals surface area contributed by atoms with E-state index >= 15 is 0 Å². The number of nitrogens with zero attached hydrogens (tertiary/aromatic N) is 2. The van der Waals surface area contributed by atoms with Crippen LogP contribution in [0.3, 0.4) is 0 Å². The van der Waals surface area contributed by atoms with Gasteiger partial charge in [0, 0.05) is 31.6 Å². The third-order valence-corrected chi connectivity index (χ3v) is 4.36. The van der Waals surface area contributed by atoms with E-state index in [1.165, 1.54) is 5.39 Å². The van der Waals surface area contributed by atoms with Crippen LogP contribution >= 0.6 is 0 Å². The predicted molar refractivity (Wildman–Crippen MR) is 104 cm³/mol. The van der Waals surface area contributed by atoms with Gasteiger partial charge in [0.25, 0.3) is 0 Å². The van der Waals surface area contributed by atoms with Crippen molar-refractivity contribution in [3.05, 3.63) is 36.4 Å². The first kappa shape index (κ1) is 17.5. The van der Waals surface area contributed by atoms with Gasteiger partial charge in [-0.1, -0.05) is 30.3 Å². The van der Waals surface area contributed by atoms with Crippen LogP contribution in [-0.2, 0) is 4.74 Å². The SMILES string of the molecule is CN1CCN(c2c(NC(=O)OC(C)(C)C)ccc3ccccc23)CC1. The van der Waals surface area contributed by atoms with Gasteiger partial charge in [-0.25, -0.2) is 4.79 Å². The Hall–Kier alpha value is -2.27. The van der Waals surface area contributed by atoms with Gasteiger partial charge in [-0.05, 0) is 39.3 Å². The van der Waals surface area contributed by atoms with Crippen molar-refractivity contribution in [3.63, 3.8) is 0 Å². The zero-order valence-corrected chi connectivity index (χ0v) is 15.5. The maximum Gasteiger partial charge on any atom is 0.412 e. The Balaban J connectivity index is 1.97. The van der Waals surface area contributed by atoms with Gasteiger partial charge >= 0.3 is 6.09 Å². The lowest BCUT2D eigenvalue weighted by atomic mass is 10.1. The third kappa shape index (κ3) is 4.23. The lowest BCUT2D eigenvalue weighted by Crippen LogP contribution is -2.44. The molecular weight excluding hydrogens is 314 g/mol. The molecule has 1 aliphatic heterocycles. The number of carbonyl (C=O) groups excluding carboxylic acids is 1. The summed E-state index contributed by atoms with van der Waals surface area (Å²) >= 11 is 0. The molecule has 0 spiro atoms. The molecule has 1 amide bonds. The first-order valence-corrected chi connectivity index (χ1v) is 8.79. The van der Waals surface area contributed by atoms with E-state index < -0.39 is 11.7 Å². The zero-order chi connectivity index (χ0) is 18.0. The fourth-order valence-electron chi connectivity index (χ4n) is 3.14. The summed E-state index contributed by atoms with van der Waals surface area (Å²) in [6.45, 7) is 9.50. The Kier molecular flexibility index (Phi) is 4.86. The zero-order valence-electron chi connectivity index (χ0n) is 15.5. The number of hydrogen-bond acceptors (Lipinski definition) is 4. The molecule has 0 bridgehead atoms. The molecule has 0 atom stereocenters. The minimum absolute atomic E-state index is 0.418. The summed E-state index contributed by atoms with van der Waals surface area (Å²) in [5.74, 6) is 0. The Morgan fingerprint density at radius 1 is 1.04 bits per heavy atom. The van der Waals surface area contributed by atoms with Gasteiger partial charge < -0.3 is 14.5 Å². The van der Waals surface area contributed by atoms with Crippen LogP contribution in [0.5, 0.6) is 0 Å². The average molecular weight is 341 g/mol. The van der Waals surface area contributed by atoms with Crippen molar-refractivity contribution in [2.45, 2.75) is 26.4 Å². The Morgan fingerprint density at radius 3 is 2.40 bits per heavy atom. The van der Waals surface area contributed by atoms with E-state index in [1.54, 1.807) is 0 Å². The molecule has 1 N–H and O–H groups in total. The van der Waals surface area contributed by atoms with Crippen LogP contribution in [0, 0.1) is 0 Å². The van der Waals surface area contributed by atoms with E-state index in [-0.39, 0.29) is 0 Å². The Morgan fingerprint density at radius 2 is 1.72 bits per heavy atom. The van der Waals surface area contributed by atoms with E-state index in [1.807, 2.05) is 45.0 Å². The number of rotatable bonds is 2. The molecule has 0 radical (unpaired) electrons. The van der Waals surface area contributed by atoms with Crippen molar-refractivity contribution in [2.75, 3.05) is 43.4 Å². The molecule has 1 saturated heterocycles. The van der Waals surface area contributed by atoms with Crippen LogP contribution in [0.2, 0.25) is 0 Å². The van der Waals surface area contributed by atoms with Crippen molar-refractivity contribution >= 4 is 28.2 Å². The smallest absolute Gasteiger partial charge is 0.412 e. The molecule has 3 rings (SSSR count). The second-order valence-corrected chi connectivity index (χ2v) is 7.60. The van der Waals surface area contributed by atoms with Crippen molar-refractivity contribution in [1.82, 2.24) is 4.90 Å². The summed E-state index contributed by atoms with van der Waals surface area (Å²) in [5.41, 5.74) is 1.36. The van der Waals surface area contributed by atoms with Crippen LogP contribution < -0.4 is 10.2 Å². The maximum absolute atomic E-state index is 12.3. The largest absolute Gasteiger partial charge is 0.444 e. The summed E-state index contributed by atoms with van der Waals surface area (Å²) in [5, 5.41) is 5.28. The highest BCUT2D eigenvalue weighted by Gasteiger charge is 2.22. The van der Waals surface area contributed by atoms with Gasteiger partial charge in [-0.3, -0.25) is 5.32 Å². The van der Waals surface area contributed by atoms with E-state index in [0.29, 0.717) is 0 Å². The lowest BCUT2D eigenvalue weighted by Gasteiger charge is -2.36. The number of likely N-dealkylation sites (N-methyl/N-ethyl adjacent to an activating group) is 1. The molecule has 25 heavy (non-hydrogen) atoms. The first-order valence-electron chi connectivity index (χ1n) is 8.79. The topological polar surface area (TPSA) is 44.8 Å². The van der Waals surface area contributed by atoms with Gasteiger partial charge in [0.15, 0.2) is 0 Å². The number of carbonyl (C=O) groups is 1. The van der Waals surface area contributed by atoms with Crippen molar-refractivity contribution in [3.8, 4) is 0 Å². The van der Waals surface area contributed by atoms with Crippen LogP contribution in [0.1, 0.15) is 20.8 Å². The van der Waals surface area contributed by atoms with E-state index in [4.69, 9.17) is 4.74 Å². The number of ether oxygens (including phenoxy) is 1. The minimum atomic E-state index is -0.519. The predicted octanol–water partition coefficient (Wildman–Crippen LogP) is 3.94. The summed E-state index contributed by atoms with van der Waals surface area (Å²) in [6.07, 6.45) is -0.418. The van der Waals surface area contributed by atoms with Gasteiger partial charge in [-0.15, -0.1) is 0 Å². The molecule has 1 aliphatic rings. The summed E-state index contributed by atoms with van der Waals surface area (Å²) in [7, 11) is 2.14. The highest BCUT2D eigenvalue weighted by atomic mass is 16.6. The van der Waals surface area contributed by atoms with Crippen LogP contribution in [0.15, 0.2) is 36.4 Å². The minimum Gasteiger partial charge on any atom is -0.444 e. The van der Waals surface area contributed by atoms with Crippen LogP contribution in [0.4, 0.5) is 16.2 Å². The lowest BCUT2D eigenvalue weighted by molar-refractivity contribution is 0.0636. The van der Waals surface area contributed by atoms with Gasteiger partial charge in [0.05, 0.1) is 11.4 Å². The second-order valence-electron chi connectivity index (χ2n) is 7.60. The summed E-state index contributed by atoms with van der Waals surface area (Å²) in [4.78, 5) is 17.0. The standard InChI is InChI=1S/C20H27N3O2/c1-20(2,3)25-19(24)21-17-10-9-15-7-5-6-8-16(15)18(17)23-13-11-22(4)12-14-23/h5-10H,11-14H2,1-4H3,(H,21,24). The van der Waals surface area contributed by atoms with Crippen molar-refractivity contribution < 1.29 is 9.53 Å². The quantitative estimate of drug-likeness (QED) is 0.899. The molecular formula is C20H27N3O2. The van der Waals surface area contributed by atoms with Crippen molar-refractivity contribution in [1.29, 1.82) is 0 Å². The highest BCUT2D eigenvalue weighted by molar-refractivity contribution is 6.04. The van der Waals surface area contributed by atoms with E-state index in [2.05, 4.69) is 34.3 Å². The van der Waals surface area contributed by atoms with Crippen LogP contribution in [0.25, 0.3) is 10.8 Å². The summed E-state index contributed by atoms with van der Waals surface area (Å²) in [6, 6.07) is 12.3. The monoisotopic (exact) mass is 341 g/mol. The van der Waals surface area contributed by atoms with Gasteiger partial charge in [0.2, 0.25) is 0 Å². The summed E-state index contributed by atoms with van der Waals surface area (Å²) < 4.78 is 5.44. The molecule has 1 heterocycles. The highest BCUT2D eigenvalue weighted by Crippen LogP contribution is 2.35.